The molecule has 1 saturated carbocycles. The third-order valence-electron chi connectivity index (χ3n) is 5.75. The average molecular weight is 391 g/mol. The normalized spacial score (nSPS) is 16.2. The lowest BCUT2D eigenvalue weighted by Gasteiger charge is -2.31. The Morgan fingerprint density at radius 3 is 2.54 bits per heavy atom. The minimum absolute atomic E-state index is 0.0549. The van der Waals surface area contributed by atoms with Gasteiger partial charge in [-0.25, -0.2) is 4.79 Å². The second-order valence-corrected chi connectivity index (χ2v) is 7.98. The van der Waals surface area contributed by atoms with Crippen LogP contribution in [0.15, 0.2) is 24.3 Å². The molecule has 0 heterocycles. The Kier molecular flexibility index (Phi) is 9.58. The van der Waals surface area contributed by atoms with Crippen LogP contribution in [0, 0.1) is 0 Å². The number of rotatable bonds is 10. The van der Waals surface area contributed by atoms with Gasteiger partial charge in [-0.05, 0) is 53.0 Å². The van der Waals surface area contributed by atoms with Crippen molar-refractivity contribution in [2.75, 3.05) is 47.9 Å². The molecule has 6 nitrogen and oxygen atoms in total. The van der Waals surface area contributed by atoms with E-state index in [1.54, 1.807) is 7.11 Å². The van der Waals surface area contributed by atoms with Crippen LogP contribution in [0.1, 0.15) is 50.1 Å². The predicted molar refractivity (Wildman–Crippen MR) is 115 cm³/mol. The van der Waals surface area contributed by atoms with Crippen LogP contribution in [0.5, 0.6) is 5.75 Å². The molecule has 0 aliphatic heterocycles. The molecule has 0 spiro atoms. The first-order valence-corrected chi connectivity index (χ1v) is 10.5. The quantitative estimate of drug-likeness (QED) is 0.602. The monoisotopic (exact) mass is 390 g/mol. The highest BCUT2D eigenvalue weighted by molar-refractivity contribution is 5.73. The van der Waals surface area contributed by atoms with Gasteiger partial charge in [-0.3, -0.25) is 0 Å². The number of amides is 2. The largest absolute Gasteiger partial charge is 0.496 e. The second-order valence-electron chi connectivity index (χ2n) is 7.98. The highest BCUT2D eigenvalue weighted by Gasteiger charge is 2.19. The minimum atomic E-state index is -0.109. The zero-order chi connectivity index (χ0) is 20.4. The maximum atomic E-state index is 12.2. The fraction of sp³-hybridized carbons (Fsp3) is 0.682. The van der Waals surface area contributed by atoms with E-state index in [0.717, 1.165) is 30.3 Å². The van der Waals surface area contributed by atoms with Crippen LogP contribution in [-0.4, -0.2) is 69.8 Å². The Bertz CT molecular complexity index is 588. The highest BCUT2D eigenvalue weighted by Crippen LogP contribution is 2.27. The van der Waals surface area contributed by atoms with Gasteiger partial charge in [0.25, 0.3) is 0 Å². The van der Waals surface area contributed by atoms with Gasteiger partial charge in [0.05, 0.1) is 13.2 Å². The fourth-order valence-electron chi connectivity index (χ4n) is 4.00. The molecular formula is C22H38N4O2. The van der Waals surface area contributed by atoms with Gasteiger partial charge in [-0.15, -0.1) is 0 Å². The van der Waals surface area contributed by atoms with Crippen molar-refractivity contribution in [1.82, 2.24) is 20.4 Å². The molecule has 0 radical (unpaired) electrons. The Labute approximate surface area is 170 Å². The second kappa shape index (κ2) is 11.9. The van der Waals surface area contributed by atoms with Crippen molar-refractivity contribution in [2.24, 2.45) is 0 Å². The zero-order valence-corrected chi connectivity index (χ0v) is 18.0. The number of carbonyl (C=O) groups is 1. The van der Waals surface area contributed by atoms with Gasteiger partial charge >= 0.3 is 6.03 Å². The van der Waals surface area contributed by atoms with Crippen LogP contribution in [-0.2, 0) is 0 Å². The lowest BCUT2D eigenvalue weighted by Crippen LogP contribution is -2.41. The van der Waals surface area contributed by atoms with Crippen molar-refractivity contribution in [1.29, 1.82) is 0 Å². The smallest absolute Gasteiger partial charge is 0.314 e. The van der Waals surface area contributed by atoms with E-state index in [1.807, 2.05) is 38.4 Å². The molecule has 1 aromatic rings. The summed E-state index contributed by atoms with van der Waals surface area (Å²) >= 11 is 0. The summed E-state index contributed by atoms with van der Waals surface area (Å²) in [6, 6.07) is 8.63. The molecule has 1 atom stereocenters. The highest BCUT2D eigenvalue weighted by atomic mass is 16.5. The Balaban J connectivity index is 1.71. The van der Waals surface area contributed by atoms with Crippen molar-refractivity contribution in [3.05, 3.63) is 29.8 Å². The summed E-state index contributed by atoms with van der Waals surface area (Å²) in [6.45, 7) is 2.26. The zero-order valence-electron chi connectivity index (χ0n) is 18.0. The molecule has 0 saturated heterocycles. The molecule has 1 aromatic carbocycles. The number of hydrogen-bond donors (Lipinski definition) is 2. The fourth-order valence-corrected chi connectivity index (χ4v) is 4.00. The minimum Gasteiger partial charge on any atom is -0.496 e. The summed E-state index contributed by atoms with van der Waals surface area (Å²) in [5.41, 5.74) is 1.07. The lowest BCUT2D eigenvalue weighted by molar-refractivity contribution is 0.189. The van der Waals surface area contributed by atoms with Gasteiger partial charge in [0.2, 0.25) is 0 Å². The number of nitrogens with zero attached hydrogens (tertiary/aromatic N) is 2. The summed E-state index contributed by atoms with van der Waals surface area (Å²) < 4.78 is 5.48. The molecule has 1 unspecified atom stereocenters. The van der Waals surface area contributed by atoms with Gasteiger partial charge in [-0.1, -0.05) is 37.5 Å². The first-order chi connectivity index (χ1) is 13.5. The molecule has 2 amide bonds. The lowest BCUT2D eigenvalue weighted by atomic mass is 9.94. The Morgan fingerprint density at radius 2 is 1.86 bits per heavy atom. The molecule has 0 bridgehead atoms. The summed E-state index contributed by atoms with van der Waals surface area (Å²) in [4.78, 5) is 16.8. The number of para-hydroxylation sites is 1. The first kappa shape index (κ1) is 22.5. The molecular weight excluding hydrogens is 352 g/mol. The number of urea groups is 1. The van der Waals surface area contributed by atoms with Crippen LogP contribution in [0.4, 0.5) is 4.79 Å². The van der Waals surface area contributed by atoms with E-state index < -0.39 is 0 Å². The number of methoxy groups -OCH3 is 1. The van der Waals surface area contributed by atoms with Gasteiger partial charge in [0, 0.05) is 24.7 Å². The van der Waals surface area contributed by atoms with Crippen molar-refractivity contribution in [2.45, 2.75) is 50.6 Å². The van der Waals surface area contributed by atoms with E-state index in [-0.39, 0.29) is 12.1 Å². The van der Waals surface area contributed by atoms with Crippen molar-refractivity contribution in [3.8, 4) is 5.75 Å². The third kappa shape index (κ3) is 6.99. The standard InChI is InChI=1S/C22H38N4O2/c1-25(2)20(19-13-8-9-14-21(19)28-4)17-24-22(27)23-15-10-16-26(3)18-11-6-5-7-12-18/h8-9,13-14,18,20H,5-7,10-12,15-17H2,1-4H3,(H2,23,24,27). The van der Waals surface area contributed by atoms with Crippen LogP contribution < -0.4 is 15.4 Å². The first-order valence-electron chi connectivity index (χ1n) is 10.5. The maximum Gasteiger partial charge on any atom is 0.314 e. The molecule has 1 aliphatic rings. The third-order valence-corrected chi connectivity index (χ3v) is 5.75. The number of ether oxygens (including phenoxy) is 1. The van der Waals surface area contributed by atoms with Crippen LogP contribution in [0.25, 0.3) is 0 Å². The van der Waals surface area contributed by atoms with E-state index in [2.05, 4.69) is 27.5 Å². The SMILES string of the molecule is COc1ccccc1C(CNC(=O)NCCCN(C)C1CCCCC1)N(C)C. The van der Waals surface area contributed by atoms with Crippen LogP contribution in [0.2, 0.25) is 0 Å². The van der Waals surface area contributed by atoms with E-state index in [9.17, 15) is 4.79 Å². The number of carbonyl (C=O) groups excluding carboxylic acids is 1. The van der Waals surface area contributed by atoms with Gasteiger partial charge in [0.1, 0.15) is 5.75 Å². The molecule has 1 fully saturated rings. The van der Waals surface area contributed by atoms with Crippen molar-refractivity contribution >= 4 is 6.03 Å². The van der Waals surface area contributed by atoms with Crippen LogP contribution in [0.3, 0.4) is 0 Å². The van der Waals surface area contributed by atoms with E-state index in [1.165, 1.54) is 32.1 Å². The van der Waals surface area contributed by atoms with Gasteiger partial charge in [-0.2, -0.15) is 0 Å². The topological polar surface area (TPSA) is 56.8 Å². The van der Waals surface area contributed by atoms with Gasteiger partial charge in [0.15, 0.2) is 0 Å². The summed E-state index contributed by atoms with van der Waals surface area (Å²) in [5, 5.41) is 5.99. The Hall–Kier alpha value is -1.79. The van der Waals surface area contributed by atoms with Crippen molar-refractivity contribution < 1.29 is 9.53 Å². The molecule has 0 aromatic heterocycles. The van der Waals surface area contributed by atoms with Crippen LogP contribution >= 0.6 is 0 Å². The van der Waals surface area contributed by atoms with Gasteiger partial charge < -0.3 is 25.2 Å². The van der Waals surface area contributed by atoms with E-state index >= 15 is 0 Å². The molecule has 2 rings (SSSR count). The van der Waals surface area contributed by atoms with E-state index in [4.69, 9.17) is 4.74 Å². The number of nitrogens with one attached hydrogen (secondary N) is 2. The summed E-state index contributed by atoms with van der Waals surface area (Å²) in [5.74, 6) is 0.842. The summed E-state index contributed by atoms with van der Waals surface area (Å²) in [6.07, 6.45) is 7.71. The molecule has 6 heteroatoms. The number of benzene rings is 1. The average Bonchev–Trinajstić information content (AvgIpc) is 2.72. The summed E-state index contributed by atoms with van der Waals surface area (Å²) in [7, 11) is 7.91. The number of hydrogen-bond acceptors (Lipinski definition) is 4. The molecule has 2 N–H and O–H groups in total. The Morgan fingerprint density at radius 1 is 1.14 bits per heavy atom. The molecule has 158 valence electrons. The maximum absolute atomic E-state index is 12.2. The predicted octanol–water partition coefficient (Wildman–Crippen LogP) is 3.25. The molecule has 1 aliphatic carbocycles. The van der Waals surface area contributed by atoms with E-state index in [0.29, 0.717) is 13.1 Å². The number of likely N-dealkylation sites (N-methyl/N-ethyl adjacent to an activating group) is 1. The molecule has 28 heavy (non-hydrogen) atoms. The van der Waals surface area contributed by atoms with Crippen molar-refractivity contribution in [3.63, 3.8) is 0 Å².